The molecule has 8 heteroatoms. The number of amides is 1. The van der Waals surface area contributed by atoms with Crippen LogP contribution in [0, 0.1) is 0 Å². The molecule has 0 aliphatic rings. The van der Waals surface area contributed by atoms with Crippen LogP contribution in [0.5, 0.6) is 0 Å². The van der Waals surface area contributed by atoms with Crippen LogP contribution in [0.25, 0.3) is 0 Å². The molecule has 2 aromatic carbocycles. The summed E-state index contributed by atoms with van der Waals surface area (Å²) in [5.74, 6) is -0.443. The van der Waals surface area contributed by atoms with Crippen LogP contribution in [0.3, 0.4) is 0 Å². The third kappa shape index (κ3) is 4.75. The lowest BCUT2D eigenvalue weighted by molar-refractivity contribution is 0.0977. The SMILES string of the molecule is CS(=O)(=O)c1ccccc1NC(=S)NC(=O)c1cccc(Cl)c1. The van der Waals surface area contributed by atoms with Crippen LogP contribution in [-0.2, 0) is 9.84 Å². The molecule has 0 saturated carbocycles. The van der Waals surface area contributed by atoms with E-state index in [1.807, 2.05) is 0 Å². The number of rotatable bonds is 3. The number of anilines is 1. The van der Waals surface area contributed by atoms with Gasteiger partial charge in [0.05, 0.1) is 10.6 Å². The van der Waals surface area contributed by atoms with E-state index in [-0.39, 0.29) is 10.0 Å². The first-order valence-corrected chi connectivity index (χ1v) is 9.12. The third-order valence-corrected chi connectivity index (χ3v) is 4.44. The molecule has 0 saturated heterocycles. The van der Waals surface area contributed by atoms with E-state index in [4.69, 9.17) is 23.8 Å². The van der Waals surface area contributed by atoms with E-state index >= 15 is 0 Å². The summed E-state index contributed by atoms with van der Waals surface area (Å²) in [6.07, 6.45) is 1.10. The van der Waals surface area contributed by atoms with Gasteiger partial charge in [-0.1, -0.05) is 29.8 Å². The number of thiocarbonyl (C=S) groups is 1. The zero-order valence-electron chi connectivity index (χ0n) is 12.0. The minimum absolute atomic E-state index is 0.00826. The average molecular weight is 369 g/mol. The second-order valence-corrected chi connectivity index (χ2v) is 7.52. The summed E-state index contributed by atoms with van der Waals surface area (Å²) in [5.41, 5.74) is 0.643. The summed E-state index contributed by atoms with van der Waals surface area (Å²) >= 11 is 10.9. The van der Waals surface area contributed by atoms with E-state index in [2.05, 4.69) is 10.6 Å². The summed E-state index contributed by atoms with van der Waals surface area (Å²) < 4.78 is 23.5. The predicted molar refractivity (Wildman–Crippen MR) is 94.7 cm³/mol. The summed E-state index contributed by atoms with van der Waals surface area (Å²) in [5, 5.41) is 5.62. The number of halogens is 1. The molecular formula is C15H13ClN2O3S2. The summed E-state index contributed by atoms with van der Waals surface area (Å²) in [6, 6.07) is 12.7. The largest absolute Gasteiger partial charge is 0.331 e. The second kappa shape index (κ2) is 7.08. The van der Waals surface area contributed by atoms with Crippen molar-refractivity contribution in [1.29, 1.82) is 0 Å². The zero-order chi connectivity index (χ0) is 17.0. The fourth-order valence-corrected chi connectivity index (χ4v) is 3.09. The lowest BCUT2D eigenvalue weighted by Gasteiger charge is -2.12. The Hall–Kier alpha value is -1.96. The van der Waals surface area contributed by atoms with Gasteiger partial charge in [-0.25, -0.2) is 8.42 Å². The van der Waals surface area contributed by atoms with Crippen molar-refractivity contribution < 1.29 is 13.2 Å². The molecule has 5 nitrogen and oxygen atoms in total. The van der Waals surface area contributed by atoms with Crippen molar-refractivity contribution in [2.75, 3.05) is 11.6 Å². The van der Waals surface area contributed by atoms with Crippen molar-refractivity contribution in [3.63, 3.8) is 0 Å². The molecule has 0 aliphatic carbocycles. The van der Waals surface area contributed by atoms with Crippen LogP contribution in [0.4, 0.5) is 5.69 Å². The summed E-state index contributed by atoms with van der Waals surface area (Å²) in [6.45, 7) is 0. The Morgan fingerprint density at radius 1 is 1.13 bits per heavy atom. The zero-order valence-corrected chi connectivity index (χ0v) is 14.4. The number of carbonyl (C=O) groups is 1. The molecule has 0 atom stereocenters. The Bertz CT molecular complexity index is 867. The van der Waals surface area contributed by atoms with Crippen molar-refractivity contribution in [2.24, 2.45) is 0 Å². The highest BCUT2D eigenvalue weighted by Crippen LogP contribution is 2.20. The molecule has 120 valence electrons. The molecule has 2 N–H and O–H groups in total. The normalized spacial score (nSPS) is 10.9. The first kappa shape index (κ1) is 17.4. The first-order valence-electron chi connectivity index (χ1n) is 6.44. The highest BCUT2D eigenvalue weighted by Gasteiger charge is 2.14. The average Bonchev–Trinajstić information content (AvgIpc) is 2.46. The number of sulfone groups is 1. The number of nitrogens with one attached hydrogen (secondary N) is 2. The van der Waals surface area contributed by atoms with Crippen LogP contribution in [-0.4, -0.2) is 25.7 Å². The van der Waals surface area contributed by atoms with E-state index in [1.54, 1.807) is 36.4 Å². The maximum absolute atomic E-state index is 12.1. The quantitative estimate of drug-likeness (QED) is 0.815. The highest BCUT2D eigenvalue weighted by molar-refractivity contribution is 7.90. The Morgan fingerprint density at radius 2 is 1.83 bits per heavy atom. The van der Waals surface area contributed by atoms with Crippen LogP contribution in [0.1, 0.15) is 10.4 Å². The summed E-state index contributed by atoms with van der Waals surface area (Å²) in [7, 11) is -3.42. The van der Waals surface area contributed by atoms with Gasteiger partial charge in [0.15, 0.2) is 14.9 Å². The van der Waals surface area contributed by atoms with Crippen molar-refractivity contribution in [3.8, 4) is 0 Å². The highest BCUT2D eigenvalue weighted by atomic mass is 35.5. The number of carbonyl (C=O) groups excluding carboxylic acids is 1. The first-order chi connectivity index (χ1) is 10.8. The van der Waals surface area contributed by atoms with Crippen LogP contribution in [0.2, 0.25) is 5.02 Å². The fraction of sp³-hybridized carbons (Fsp3) is 0.0667. The maximum atomic E-state index is 12.1. The lowest BCUT2D eigenvalue weighted by atomic mass is 10.2. The molecule has 0 fully saturated rings. The number of benzene rings is 2. The van der Waals surface area contributed by atoms with Gasteiger partial charge in [-0.2, -0.15) is 0 Å². The van der Waals surface area contributed by atoms with Gasteiger partial charge in [0.25, 0.3) is 5.91 Å². The van der Waals surface area contributed by atoms with Crippen molar-refractivity contribution >= 4 is 50.4 Å². The van der Waals surface area contributed by atoms with Gasteiger partial charge in [-0.15, -0.1) is 0 Å². The molecule has 2 aromatic rings. The van der Waals surface area contributed by atoms with Gasteiger partial charge in [-0.3, -0.25) is 10.1 Å². The molecule has 0 unspecified atom stereocenters. The predicted octanol–water partition coefficient (Wildman–Crippen LogP) is 2.87. The van der Waals surface area contributed by atoms with Crippen molar-refractivity contribution in [1.82, 2.24) is 5.32 Å². The molecule has 0 spiro atoms. The molecular weight excluding hydrogens is 356 g/mol. The van der Waals surface area contributed by atoms with Crippen molar-refractivity contribution in [2.45, 2.75) is 4.90 Å². The Kier molecular flexibility index (Phi) is 5.35. The van der Waals surface area contributed by atoms with Gasteiger partial charge in [0, 0.05) is 16.8 Å². The Balaban J connectivity index is 2.13. The van der Waals surface area contributed by atoms with E-state index in [9.17, 15) is 13.2 Å². The molecule has 0 radical (unpaired) electrons. The standard InChI is InChI=1S/C15H13ClN2O3S2/c1-23(20,21)13-8-3-2-7-12(13)17-15(22)18-14(19)10-5-4-6-11(16)9-10/h2-9H,1H3,(H2,17,18,19,22). The molecule has 0 aromatic heterocycles. The van der Waals surface area contributed by atoms with Gasteiger partial charge in [-0.05, 0) is 42.5 Å². The van der Waals surface area contributed by atoms with Crippen LogP contribution < -0.4 is 10.6 Å². The number of hydrogen-bond donors (Lipinski definition) is 2. The molecule has 2 rings (SSSR count). The smallest absolute Gasteiger partial charge is 0.257 e. The van der Waals surface area contributed by atoms with Gasteiger partial charge in [0.2, 0.25) is 0 Å². The van der Waals surface area contributed by atoms with Crippen LogP contribution in [0.15, 0.2) is 53.4 Å². The number of para-hydroxylation sites is 1. The Labute approximate surface area is 144 Å². The van der Waals surface area contributed by atoms with E-state index in [0.29, 0.717) is 16.3 Å². The van der Waals surface area contributed by atoms with Crippen LogP contribution >= 0.6 is 23.8 Å². The Morgan fingerprint density at radius 3 is 2.48 bits per heavy atom. The molecule has 0 aliphatic heterocycles. The molecule has 0 bridgehead atoms. The topological polar surface area (TPSA) is 75.3 Å². The molecule has 1 amide bonds. The minimum Gasteiger partial charge on any atom is -0.331 e. The van der Waals surface area contributed by atoms with E-state index < -0.39 is 15.7 Å². The molecule has 23 heavy (non-hydrogen) atoms. The monoisotopic (exact) mass is 368 g/mol. The van der Waals surface area contributed by atoms with Gasteiger partial charge < -0.3 is 5.32 Å². The van der Waals surface area contributed by atoms with E-state index in [1.165, 1.54) is 12.1 Å². The molecule has 0 heterocycles. The second-order valence-electron chi connectivity index (χ2n) is 4.69. The minimum atomic E-state index is -3.42. The van der Waals surface area contributed by atoms with Gasteiger partial charge in [0.1, 0.15) is 0 Å². The van der Waals surface area contributed by atoms with E-state index in [0.717, 1.165) is 6.26 Å². The van der Waals surface area contributed by atoms with Crippen molar-refractivity contribution in [3.05, 3.63) is 59.1 Å². The summed E-state index contributed by atoms with van der Waals surface area (Å²) in [4.78, 5) is 12.2. The lowest BCUT2D eigenvalue weighted by Crippen LogP contribution is -2.34. The third-order valence-electron chi connectivity index (χ3n) is 2.85. The number of hydrogen-bond acceptors (Lipinski definition) is 4. The fourth-order valence-electron chi connectivity index (χ4n) is 1.85. The maximum Gasteiger partial charge on any atom is 0.257 e. The van der Waals surface area contributed by atoms with Gasteiger partial charge >= 0.3 is 0 Å².